The van der Waals surface area contributed by atoms with Gasteiger partial charge < -0.3 is 11.1 Å². The number of thiocarbonyl (C=S) groups is 1. The lowest BCUT2D eigenvalue weighted by molar-refractivity contribution is -0.120. The molecule has 1 amide bonds. The van der Waals surface area contributed by atoms with Crippen molar-refractivity contribution in [3.8, 4) is 0 Å². The van der Waals surface area contributed by atoms with Crippen molar-refractivity contribution in [3.05, 3.63) is 34.9 Å². The maximum absolute atomic E-state index is 11.2. The van der Waals surface area contributed by atoms with E-state index in [0.29, 0.717) is 11.6 Å². The highest BCUT2D eigenvalue weighted by Crippen LogP contribution is 2.08. The summed E-state index contributed by atoms with van der Waals surface area (Å²) < 4.78 is 0. The van der Waals surface area contributed by atoms with Crippen LogP contribution in [0.4, 0.5) is 0 Å². The fourth-order valence-corrected chi connectivity index (χ4v) is 1.28. The number of nitrogens with one attached hydrogen (secondary N) is 1. The highest BCUT2D eigenvalue weighted by molar-refractivity contribution is 7.80. The molecule has 5 heteroatoms. The summed E-state index contributed by atoms with van der Waals surface area (Å²) in [5.41, 5.74) is 6.22. The molecule has 0 aliphatic carbocycles. The highest BCUT2D eigenvalue weighted by atomic mass is 35.5. The number of rotatable bonds is 4. The van der Waals surface area contributed by atoms with Crippen molar-refractivity contribution >= 4 is 34.7 Å². The molecule has 0 unspecified atom stereocenters. The standard InChI is InChI=1S/C10H11ClN2OS/c11-8-3-1-7(2-4-8)6-13-10(14)5-9(12)15/h1-4H,5-6H2,(H2,12,15)(H,13,14). The van der Waals surface area contributed by atoms with Gasteiger partial charge in [0.25, 0.3) is 0 Å². The number of carbonyl (C=O) groups excluding carboxylic acids is 1. The second-order valence-electron chi connectivity index (χ2n) is 3.05. The van der Waals surface area contributed by atoms with Crippen LogP contribution in [0.15, 0.2) is 24.3 Å². The van der Waals surface area contributed by atoms with Gasteiger partial charge in [-0.2, -0.15) is 0 Å². The Morgan fingerprint density at radius 2 is 2.00 bits per heavy atom. The predicted molar refractivity (Wildman–Crippen MR) is 64.7 cm³/mol. The van der Waals surface area contributed by atoms with E-state index in [9.17, 15) is 4.79 Å². The number of nitrogens with two attached hydrogens (primary N) is 1. The fourth-order valence-electron chi connectivity index (χ4n) is 1.02. The van der Waals surface area contributed by atoms with Crippen molar-refractivity contribution in [3.63, 3.8) is 0 Å². The van der Waals surface area contributed by atoms with Crippen LogP contribution in [0.1, 0.15) is 12.0 Å². The predicted octanol–water partition coefficient (Wildman–Crippen LogP) is 1.63. The third-order valence-corrected chi connectivity index (χ3v) is 2.13. The molecule has 80 valence electrons. The van der Waals surface area contributed by atoms with Gasteiger partial charge in [0.2, 0.25) is 5.91 Å². The zero-order chi connectivity index (χ0) is 11.3. The number of amides is 1. The molecule has 0 heterocycles. The molecule has 0 saturated carbocycles. The minimum atomic E-state index is -0.169. The third kappa shape index (κ3) is 4.76. The third-order valence-electron chi connectivity index (χ3n) is 1.74. The topological polar surface area (TPSA) is 55.1 Å². The van der Waals surface area contributed by atoms with E-state index in [4.69, 9.17) is 17.3 Å². The van der Waals surface area contributed by atoms with Crippen molar-refractivity contribution in [2.75, 3.05) is 0 Å². The molecule has 0 spiro atoms. The van der Waals surface area contributed by atoms with Gasteiger partial charge in [0, 0.05) is 11.6 Å². The maximum Gasteiger partial charge on any atom is 0.227 e. The van der Waals surface area contributed by atoms with Crippen LogP contribution in [0.2, 0.25) is 5.02 Å². The first-order valence-electron chi connectivity index (χ1n) is 4.37. The van der Waals surface area contributed by atoms with Gasteiger partial charge in [0.1, 0.15) is 0 Å². The number of hydrogen-bond donors (Lipinski definition) is 2. The number of benzene rings is 1. The van der Waals surface area contributed by atoms with E-state index in [1.165, 1.54) is 0 Å². The van der Waals surface area contributed by atoms with Gasteiger partial charge in [0.15, 0.2) is 0 Å². The Kier molecular flexibility index (Phi) is 4.52. The van der Waals surface area contributed by atoms with Crippen LogP contribution >= 0.6 is 23.8 Å². The first-order chi connectivity index (χ1) is 7.08. The van der Waals surface area contributed by atoms with E-state index in [-0.39, 0.29) is 17.3 Å². The molecule has 0 bridgehead atoms. The van der Waals surface area contributed by atoms with E-state index < -0.39 is 0 Å². The lowest BCUT2D eigenvalue weighted by Crippen LogP contribution is -2.27. The molecule has 3 nitrogen and oxygen atoms in total. The first-order valence-corrected chi connectivity index (χ1v) is 5.16. The van der Waals surface area contributed by atoms with E-state index in [2.05, 4.69) is 17.5 Å². The quantitative estimate of drug-likeness (QED) is 0.790. The van der Waals surface area contributed by atoms with Gasteiger partial charge in [-0.1, -0.05) is 36.0 Å². The molecule has 0 radical (unpaired) electrons. The summed E-state index contributed by atoms with van der Waals surface area (Å²) >= 11 is 10.3. The fraction of sp³-hybridized carbons (Fsp3) is 0.200. The van der Waals surface area contributed by atoms with Gasteiger partial charge in [0.05, 0.1) is 11.4 Å². The normalized spacial score (nSPS) is 9.67. The van der Waals surface area contributed by atoms with Crippen LogP contribution in [0.5, 0.6) is 0 Å². The Morgan fingerprint density at radius 1 is 1.40 bits per heavy atom. The molecule has 0 fully saturated rings. The van der Waals surface area contributed by atoms with Crippen LogP contribution < -0.4 is 11.1 Å². The Hall–Kier alpha value is -1.13. The lowest BCUT2D eigenvalue weighted by atomic mass is 10.2. The molecular weight excluding hydrogens is 232 g/mol. The largest absolute Gasteiger partial charge is 0.393 e. The maximum atomic E-state index is 11.2. The number of hydrogen-bond acceptors (Lipinski definition) is 2. The average Bonchev–Trinajstić information content (AvgIpc) is 2.16. The van der Waals surface area contributed by atoms with E-state index in [0.717, 1.165) is 5.56 Å². The Bertz CT molecular complexity index is 364. The summed E-state index contributed by atoms with van der Waals surface area (Å²) in [6, 6.07) is 7.25. The first kappa shape index (κ1) is 11.9. The van der Waals surface area contributed by atoms with E-state index in [1.807, 2.05) is 12.1 Å². The second kappa shape index (κ2) is 5.68. The molecule has 0 aliphatic heterocycles. The molecule has 1 aromatic carbocycles. The van der Waals surface area contributed by atoms with Gasteiger partial charge in [-0.05, 0) is 17.7 Å². The summed E-state index contributed by atoms with van der Waals surface area (Å²) in [5.74, 6) is -0.169. The number of halogens is 1. The molecule has 3 N–H and O–H groups in total. The van der Waals surface area contributed by atoms with Crippen LogP contribution in [0.3, 0.4) is 0 Å². The summed E-state index contributed by atoms with van der Waals surface area (Å²) in [6.07, 6.45) is 0.0862. The Labute approximate surface area is 98.6 Å². The highest BCUT2D eigenvalue weighted by Gasteiger charge is 2.02. The smallest absolute Gasteiger partial charge is 0.227 e. The molecule has 0 atom stereocenters. The molecular formula is C10H11ClN2OS. The van der Waals surface area contributed by atoms with Gasteiger partial charge in [-0.25, -0.2) is 0 Å². The molecule has 0 saturated heterocycles. The summed E-state index contributed by atoms with van der Waals surface area (Å²) in [7, 11) is 0. The monoisotopic (exact) mass is 242 g/mol. The van der Waals surface area contributed by atoms with Crippen LogP contribution in [0.25, 0.3) is 0 Å². The molecule has 1 rings (SSSR count). The Balaban J connectivity index is 2.40. The summed E-state index contributed by atoms with van der Waals surface area (Å²) in [4.78, 5) is 11.4. The van der Waals surface area contributed by atoms with Gasteiger partial charge >= 0.3 is 0 Å². The minimum Gasteiger partial charge on any atom is -0.393 e. The molecule has 15 heavy (non-hydrogen) atoms. The lowest BCUT2D eigenvalue weighted by Gasteiger charge is -2.04. The molecule has 0 aliphatic rings. The summed E-state index contributed by atoms with van der Waals surface area (Å²) in [5, 5.41) is 3.37. The number of carbonyl (C=O) groups is 1. The van der Waals surface area contributed by atoms with Crippen LogP contribution in [-0.2, 0) is 11.3 Å². The molecule has 0 aromatic heterocycles. The SMILES string of the molecule is NC(=S)CC(=O)NCc1ccc(Cl)cc1. The van der Waals surface area contributed by atoms with Crippen LogP contribution in [0, 0.1) is 0 Å². The van der Waals surface area contributed by atoms with Crippen molar-refractivity contribution < 1.29 is 4.79 Å². The zero-order valence-electron chi connectivity index (χ0n) is 8.00. The van der Waals surface area contributed by atoms with Gasteiger partial charge in [-0.15, -0.1) is 0 Å². The van der Waals surface area contributed by atoms with Crippen molar-refractivity contribution in [2.24, 2.45) is 5.73 Å². The average molecular weight is 243 g/mol. The minimum absolute atomic E-state index is 0.0862. The van der Waals surface area contributed by atoms with Crippen molar-refractivity contribution in [2.45, 2.75) is 13.0 Å². The summed E-state index contributed by atoms with van der Waals surface area (Å²) in [6.45, 7) is 0.457. The second-order valence-corrected chi connectivity index (χ2v) is 4.01. The van der Waals surface area contributed by atoms with E-state index >= 15 is 0 Å². The van der Waals surface area contributed by atoms with Crippen LogP contribution in [-0.4, -0.2) is 10.9 Å². The van der Waals surface area contributed by atoms with Crippen molar-refractivity contribution in [1.82, 2.24) is 5.32 Å². The van der Waals surface area contributed by atoms with E-state index in [1.54, 1.807) is 12.1 Å². The van der Waals surface area contributed by atoms with Gasteiger partial charge in [-0.3, -0.25) is 4.79 Å². The van der Waals surface area contributed by atoms with Crippen molar-refractivity contribution in [1.29, 1.82) is 0 Å². The zero-order valence-corrected chi connectivity index (χ0v) is 9.57. The molecule has 1 aromatic rings. The Morgan fingerprint density at radius 3 is 2.53 bits per heavy atom.